The Balaban J connectivity index is 3.62. The van der Waals surface area contributed by atoms with Gasteiger partial charge in [0.1, 0.15) is 5.56 Å². The predicted octanol–water partition coefficient (Wildman–Crippen LogP) is 3.19. The molecule has 0 aliphatic heterocycles. The van der Waals surface area contributed by atoms with E-state index in [1.54, 1.807) is 0 Å². The Morgan fingerprint density at radius 3 is 2.31 bits per heavy atom. The largest absolute Gasteiger partial charge is 0.424 e. The number of nitro groups is 1. The summed E-state index contributed by atoms with van der Waals surface area (Å²) in [5, 5.41) is 10.4. The predicted molar refractivity (Wildman–Crippen MR) is 51.2 cm³/mol. The highest BCUT2D eigenvalue weighted by Gasteiger charge is 2.41. The maximum atomic E-state index is 12.5. The van der Waals surface area contributed by atoms with Crippen molar-refractivity contribution >= 4 is 27.9 Å². The summed E-state index contributed by atoms with van der Waals surface area (Å²) in [6.07, 6.45) is -4.72. The van der Waals surface area contributed by atoms with Crippen LogP contribution >= 0.6 is 15.9 Å². The fourth-order valence-corrected chi connectivity index (χ4v) is 1.75. The van der Waals surface area contributed by atoms with Gasteiger partial charge in [0.2, 0.25) is 0 Å². The molecule has 0 heterocycles. The maximum absolute atomic E-state index is 12.5. The van der Waals surface area contributed by atoms with E-state index in [4.69, 9.17) is 0 Å². The molecule has 0 aliphatic rings. The van der Waals surface area contributed by atoms with Crippen LogP contribution in [-0.4, -0.2) is 11.2 Å². The molecule has 16 heavy (non-hydrogen) atoms. The van der Waals surface area contributed by atoms with Gasteiger partial charge in [0.15, 0.2) is 6.29 Å². The maximum Gasteiger partial charge on any atom is 0.424 e. The van der Waals surface area contributed by atoms with Crippen molar-refractivity contribution in [2.45, 2.75) is 6.18 Å². The highest BCUT2D eigenvalue weighted by Crippen LogP contribution is 2.41. The molecule has 0 atom stereocenters. The lowest BCUT2D eigenvalue weighted by Crippen LogP contribution is -2.11. The Kier molecular flexibility index (Phi) is 3.32. The summed E-state index contributed by atoms with van der Waals surface area (Å²) in [5.41, 5.74) is -2.84. The van der Waals surface area contributed by atoms with Crippen LogP contribution in [0.15, 0.2) is 16.6 Å². The Bertz CT molecular complexity index is 459. The molecule has 0 saturated heterocycles. The van der Waals surface area contributed by atoms with Crippen molar-refractivity contribution < 1.29 is 22.9 Å². The SMILES string of the molecule is O=Cc1ccc([N+](=O)[O-])c(C(F)(F)F)c1Br. The van der Waals surface area contributed by atoms with E-state index in [0.29, 0.717) is 6.07 Å². The van der Waals surface area contributed by atoms with Gasteiger partial charge >= 0.3 is 6.18 Å². The van der Waals surface area contributed by atoms with Gasteiger partial charge in [0.25, 0.3) is 5.69 Å². The molecule has 0 saturated carbocycles. The van der Waals surface area contributed by atoms with Crippen LogP contribution in [0.2, 0.25) is 0 Å². The average molecular weight is 298 g/mol. The molecular formula is C8H3BrF3NO3. The number of carbonyl (C=O) groups excluding carboxylic acids is 1. The van der Waals surface area contributed by atoms with Crippen molar-refractivity contribution in [3.63, 3.8) is 0 Å². The Morgan fingerprint density at radius 1 is 1.38 bits per heavy atom. The van der Waals surface area contributed by atoms with E-state index in [2.05, 4.69) is 15.9 Å². The molecule has 1 rings (SSSR count). The quantitative estimate of drug-likeness (QED) is 0.478. The van der Waals surface area contributed by atoms with Crippen LogP contribution in [0.25, 0.3) is 0 Å². The smallest absolute Gasteiger partial charge is 0.298 e. The number of aldehydes is 1. The van der Waals surface area contributed by atoms with E-state index in [-0.39, 0.29) is 11.8 Å². The fourth-order valence-electron chi connectivity index (χ4n) is 1.09. The van der Waals surface area contributed by atoms with Crippen molar-refractivity contribution in [1.29, 1.82) is 0 Å². The van der Waals surface area contributed by atoms with Crippen LogP contribution in [-0.2, 0) is 6.18 Å². The number of alkyl halides is 3. The average Bonchev–Trinajstić information content (AvgIpc) is 2.14. The molecule has 0 aromatic heterocycles. The number of benzene rings is 1. The van der Waals surface area contributed by atoms with Gasteiger partial charge in [-0.1, -0.05) is 0 Å². The van der Waals surface area contributed by atoms with Crippen molar-refractivity contribution in [2.24, 2.45) is 0 Å². The lowest BCUT2D eigenvalue weighted by molar-refractivity contribution is -0.388. The molecule has 0 N–H and O–H groups in total. The Labute approximate surface area is 95.3 Å². The van der Waals surface area contributed by atoms with Crippen molar-refractivity contribution in [3.8, 4) is 0 Å². The van der Waals surface area contributed by atoms with Crippen molar-refractivity contribution in [3.05, 3.63) is 37.8 Å². The molecular weight excluding hydrogens is 295 g/mol. The van der Waals surface area contributed by atoms with Crippen LogP contribution in [0, 0.1) is 10.1 Å². The molecule has 0 fully saturated rings. The molecule has 0 radical (unpaired) electrons. The lowest BCUT2D eigenvalue weighted by Gasteiger charge is -2.10. The second kappa shape index (κ2) is 4.20. The second-order valence-corrected chi connectivity index (χ2v) is 3.53. The number of nitrogens with zero attached hydrogens (tertiary/aromatic N) is 1. The molecule has 1 aromatic carbocycles. The minimum absolute atomic E-state index is 0.184. The van der Waals surface area contributed by atoms with E-state index in [1.165, 1.54) is 0 Å². The van der Waals surface area contributed by atoms with E-state index in [1.807, 2.05) is 0 Å². The van der Waals surface area contributed by atoms with Gasteiger partial charge in [0.05, 0.1) is 4.92 Å². The molecule has 0 unspecified atom stereocenters. The number of rotatable bonds is 2. The molecule has 0 spiro atoms. The molecule has 86 valence electrons. The van der Waals surface area contributed by atoms with Gasteiger partial charge in [-0.05, 0) is 22.0 Å². The van der Waals surface area contributed by atoms with Crippen molar-refractivity contribution in [2.75, 3.05) is 0 Å². The third-order valence-corrected chi connectivity index (χ3v) is 2.61. The minimum Gasteiger partial charge on any atom is -0.298 e. The van der Waals surface area contributed by atoms with E-state index in [9.17, 15) is 28.1 Å². The van der Waals surface area contributed by atoms with Gasteiger partial charge in [-0.3, -0.25) is 14.9 Å². The van der Waals surface area contributed by atoms with Crippen molar-refractivity contribution in [1.82, 2.24) is 0 Å². The fraction of sp³-hybridized carbons (Fsp3) is 0.125. The molecule has 1 aromatic rings. The number of halogens is 4. The van der Waals surface area contributed by atoms with E-state index in [0.717, 1.165) is 6.07 Å². The molecule has 0 amide bonds. The first kappa shape index (κ1) is 12.6. The number of hydrogen-bond acceptors (Lipinski definition) is 3. The van der Waals surface area contributed by atoms with Gasteiger partial charge < -0.3 is 0 Å². The summed E-state index contributed by atoms with van der Waals surface area (Å²) >= 11 is 2.54. The molecule has 0 bridgehead atoms. The summed E-state index contributed by atoms with van der Waals surface area (Å²) in [7, 11) is 0. The van der Waals surface area contributed by atoms with Crippen LogP contribution in [0.1, 0.15) is 15.9 Å². The van der Waals surface area contributed by atoms with Gasteiger partial charge in [-0.25, -0.2) is 0 Å². The van der Waals surface area contributed by atoms with Crippen LogP contribution in [0.3, 0.4) is 0 Å². The molecule has 8 heteroatoms. The van der Waals surface area contributed by atoms with E-state index < -0.39 is 26.8 Å². The minimum atomic E-state index is -4.90. The topological polar surface area (TPSA) is 60.2 Å². The zero-order chi connectivity index (χ0) is 12.5. The number of nitro benzene ring substituents is 1. The lowest BCUT2D eigenvalue weighted by atomic mass is 10.1. The highest BCUT2D eigenvalue weighted by molar-refractivity contribution is 9.10. The first-order valence-corrected chi connectivity index (χ1v) is 4.57. The van der Waals surface area contributed by atoms with Gasteiger partial charge in [-0.15, -0.1) is 0 Å². The summed E-state index contributed by atoms with van der Waals surface area (Å²) in [4.78, 5) is 19.7. The third-order valence-electron chi connectivity index (χ3n) is 1.76. The zero-order valence-electron chi connectivity index (χ0n) is 7.42. The standard InChI is InChI=1S/C8H3BrF3NO3/c9-7-4(3-14)1-2-5(13(15)16)6(7)8(10,11)12/h1-3H. The zero-order valence-corrected chi connectivity index (χ0v) is 9.00. The summed E-state index contributed by atoms with van der Waals surface area (Å²) < 4.78 is 37.0. The first-order valence-electron chi connectivity index (χ1n) is 3.78. The van der Waals surface area contributed by atoms with Crippen LogP contribution < -0.4 is 0 Å². The number of hydrogen-bond donors (Lipinski definition) is 0. The first-order chi connectivity index (χ1) is 7.29. The monoisotopic (exact) mass is 297 g/mol. The molecule has 4 nitrogen and oxygen atoms in total. The van der Waals surface area contributed by atoms with E-state index >= 15 is 0 Å². The number of carbonyl (C=O) groups is 1. The third kappa shape index (κ3) is 2.21. The second-order valence-electron chi connectivity index (χ2n) is 2.74. The normalized spacial score (nSPS) is 11.2. The highest BCUT2D eigenvalue weighted by atomic mass is 79.9. The summed E-state index contributed by atoms with van der Waals surface area (Å²) in [6.45, 7) is 0. The summed E-state index contributed by atoms with van der Waals surface area (Å²) in [6, 6.07) is 1.60. The Morgan fingerprint density at radius 2 is 1.94 bits per heavy atom. The molecule has 0 aliphatic carbocycles. The van der Waals surface area contributed by atoms with Crippen LogP contribution in [0.5, 0.6) is 0 Å². The van der Waals surface area contributed by atoms with Gasteiger partial charge in [0, 0.05) is 16.1 Å². The van der Waals surface area contributed by atoms with Gasteiger partial charge in [-0.2, -0.15) is 13.2 Å². The summed E-state index contributed by atoms with van der Waals surface area (Å²) in [5.74, 6) is 0. The Hall–Kier alpha value is -1.44. The van der Waals surface area contributed by atoms with Crippen LogP contribution in [0.4, 0.5) is 18.9 Å².